The van der Waals surface area contributed by atoms with Crippen molar-refractivity contribution in [2.24, 2.45) is 0 Å². The molecule has 0 spiro atoms. The molecule has 2 aromatic carbocycles. The summed E-state index contributed by atoms with van der Waals surface area (Å²) in [6.07, 6.45) is -2.17. The maximum Gasteiger partial charge on any atom is 0.454 e. The van der Waals surface area contributed by atoms with E-state index < -0.39 is 17.5 Å². The average Bonchev–Trinajstić information content (AvgIpc) is 2.58. The lowest BCUT2D eigenvalue weighted by molar-refractivity contribution is -0.111. The van der Waals surface area contributed by atoms with Gasteiger partial charge < -0.3 is 5.32 Å². The van der Waals surface area contributed by atoms with Crippen molar-refractivity contribution >= 4 is 23.5 Å². The second-order valence-corrected chi connectivity index (χ2v) is 7.10. The van der Waals surface area contributed by atoms with E-state index in [1.807, 2.05) is 24.3 Å². The van der Waals surface area contributed by atoms with E-state index in [0.717, 1.165) is 17.7 Å². The van der Waals surface area contributed by atoms with Gasteiger partial charge in [0.15, 0.2) is 0 Å². The lowest BCUT2D eigenvalue weighted by Crippen LogP contribution is -2.22. The van der Waals surface area contributed by atoms with Gasteiger partial charge in [-0.3, -0.25) is 9.59 Å². The van der Waals surface area contributed by atoms with E-state index in [-0.39, 0.29) is 11.3 Å². The Kier molecular flexibility index (Phi) is 5.88. The van der Waals surface area contributed by atoms with E-state index in [9.17, 15) is 22.8 Å². The van der Waals surface area contributed by atoms with E-state index in [4.69, 9.17) is 0 Å². The van der Waals surface area contributed by atoms with Crippen LogP contribution in [0.5, 0.6) is 0 Å². The number of alkyl halides is 3. The molecule has 0 aliphatic rings. The van der Waals surface area contributed by atoms with Crippen LogP contribution >= 0.6 is 0 Å². The Balaban J connectivity index is 1.99. The van der Waals surface area contributed by atoms with Crippen LogP contribution < -0.4 is 5.32 Å². The quantitative estimate of drug-likeness (QED) is 0.576. The van der Waals surface area contributed by atoms with Crippen molar-refractivity contribution in [1.29, 1.82) is 0 Å². The van der Waals surface area contributed by atoms with Crippen LogP contribution in [0.3, 0.4) is 0 Å². The van der Waals surface area contributed by atoms with Gasteiger partial charge in [-0.25, -0.2) is 0 Å². The molecule has 0 fully saturated rings. The maximum atomic E-state index is 12.4. The van der Waals surface area contributed by atoms with E-state index in [2.05, 4.69) is 26.1 Å². The van der Waals surface area contributed by atoms with Gasteiger partial charge in [0.05, 0.1) is 0 Å². The fourth-order valence-electron chi connectivity index (χ4n) is 2.32. The number of hydrogen-bond acceptors (Lipinski definition) is 2. The first kappa shape index (κ1) is 20.4. The van der Waals surface area contributed by atoms with Crippen LogP contribution in [-0.4, -0.2) is 17.9 Å². The van der Waals surface area contributed by atoms with Crippen LogP contribution in [0.1, 0.15) is 42.3 Å². The minimum Gasteiger partial charge on any atom is -0.323 e. The van der Waals surface area contributed by atoms with Crippen molar-refractivity contribution in [2.75, 3.05) is 5.32 Å². The highest BCUT2D eigenvalue weighted by atomic mass is 19.4. The Morgan fingerprint density at radius 1 is 0.889 bits per heavy atom. The monoisotopic (exact) mass is 375 g/mol. The van der Waals surface area contributed by atoms with Crippen LogP contribution in [0.15, 0.2) is 54.6 Å². The number of anilines is 1. The van der Waals surface area contributed by atoms with E-state index in [0.29, 0.717) is 11.3 Å². The van der Waals surface area contributed by atoms with Gasteiger partial charge in [-0.05, 0) is 34.8 Å². The summed E-state index contributed by atoms with van der Waals surface area (Å²) in [5, 5.41) is 2.71. The number of nitrogens with one attached hydrogen (secondary N) is 1. The zero-order valence-corrected chi connectivity index (χ0v) is 15.2. The molecule has 1 N–H and O–H groups in total. The molecule has 1 amide bonds. The molecule has 2 rings (SSSR count). The third-order valence-corrected chi connectivity index (χ3v) is 3.88. The van der Waals surface area contributed by atoms with Crippen molar-refractivity contribution in [3.63, 3.8) is 0 Å². The molecule has 27 heavy (non-hydrogen) atoms. The maximum absolute atomic E-state index is 12.4. The van der Waals surface area contributed by atoms with Crippen molar-refractivity contribution in [3.05, 3.63) is 71.3 Å². The standard InChI is InChI=1S/C21H20F3NO2/c1-20(2,3)16-9-11-17(12-10-16)25-18(26)13-6-14-4-7-15(8-5-14)19(27)21(22,23)24/h4-13H,1-3H3,(H,25,26). The first-order valence-corrected chi connectivity index (χ1v) is 8.28. The number of amides is 1. The highest BCUT2D eigenvalue weighted by Gasteiger charge is 2.39. The summed E-state index contributed by atoms with van der Waals surface area (Å²) in [5.41, 5.74) is 1.87. The minimum atomic E-state index is -4.90. The van der Waals surface area contributed by atoms with Gasteiger partial charge in [0.2, 0.25) is 5.91 Å². The predicted molar refractivity (Wildman–Crippen MR) is 99.6 cm³/mol. The average molecular weight is 375 g/mol. The van der Waals surface area contributed by atoms with Gasteiger partial charge in [0, 0.05) is 17.3 Å². The van der Waals surface area contributed by atoms with E-state index >= 15 is 0 Å². The third kappa shape index (κ3) is 5.81. The molecular formula is C21H20F3NO2. The molecule has 3 nitrogen and oxygen atoms in total. The topological polar surface area (TPSA) is 46.2 Å². The molecule has 0 unspecified atom stereocenters. The molecular weight excluding hydrogens is 355 g/mol. The van der Waals surface area contributed by atoms with Gasteiger partial charge in [-0.1, -0.05) is 57.2 Å². The molecule has 0 aromatic heterocycles. The SMILES string of the molecule is CC(C)(C)c1ccc(NC(=O)C=Cc2ccc(C(=O)C(F)(F)F)cc2)cc1. The smallest absolute Gasteiger partial charge is 0.323 e. The van der Waals surface area contributed by atoms with Crippen LogP contribution in [0.2, 0.25) is 0 Å². The van der Waals surface area contributed by atoms with E-state index in [1.54, 1.807) is 0 Å². The minimum absolute atomic E-state index is 0.0160. The molecule has 6 heteroatoms. The molecule has 0 heterocycles. The van der Waals surface area contributed by atoms with Crippen LogP contribution in [0.25, 0.3) is 6.08 Å². The van der Waals surface area contributed by atoms with Crippen LogP contribution in [0, 0.1) is 0 Å². The first-order valence-electron chi connectivity index (χ1n) is 8.28. The highest BCUT2D eigenvalue weighted by Crippen LogP contribution is 2.24. The van der Waals surface area contributed by atoms with Crippen LogP contribution in [0.4, 0.5) is 18.9 Å². The summed E-state index contributed by atoms with van der Waals surface area (Å²) in [7, 11) is 0. The lowest BCUT2D eigenvalue weighted by atomic mass is 9.87. The zero-order valence-electron chi connectivity index (χ0n) is 15.2. The molecule has 0 bridgehead atoms. The second kappa shape index (κ2) is 7.78. The summed E-state index contributed by atoms with van der Waals surface area (Å²) in [6.45, 7) is 6.28. The molecule has 0 radical (unpaired) electrons. The summed E-state index contributed by atoms with van der Waals surface area (Å²) in [6, 6.07) is 12.4. The summed E-state index contributed by atoms with van der Waals surface area (Å²) >= 11 is 0. The second-order valence-electron chi connectivity index (χ2n) is 7.10. The normalized spacial score (nSPS) is 12.2. The Morgan fingerprint density at radius 3 is 1.93 bits per heavy atom. The summed E-state index contributed by atoms with van der Waals surface area (Å²) < 4.78 is 37.1. The number of ketones is 1. The van der Waals surface area contributed by atoms with Gasteiger partial charge in [0.1, 0.15) is 0 Å². The number of hydrogen-bond donors (Lipinski definition) is 1. The number of Topliss-reactive ketones (excluding diaryl/α,β-unsaturated/α-hetero) is 1. The Labute approximate surface area is 155 Å². The Bertz CT molecular complexity index is 843. The Hall–Kier alpha value is -2.89. The number of carbonyl (C=O) groups is 2. The molecule has 0 aliphatic heterocycles. The van der Waals surface area contributed by atoms with Crippen molar-refractivity contribution in [1.82, 2.24) is 0 Å². The number of rotatable bonds is 4. The summed E-state index contributed by atoms with van der Waals surface area (Å²) in [4.78, 5) is 23.1. The zero-order chi connectivity index (χ0) is 20.2. The fraction of sp³-hybridized carbons (Fsp3) is 0.238. The van der Waals surface area contributed by atoms with Gasteiger partial charge in [0.25, 0.3) is 5.78 Å². The Morgan fingerprint density at radius 2 is 1.44 bits per heavy atom. The lowest BCUT2D eigenvalue weighted by Gasteiger charge is -2.19. The number of halogens is 3. The highest BCUT2D eigenvalue weighted by molar-refractivity contribution is 6.02. The molecule has 0 saturated carbocycles. The van der Waals surface area contributed by atoms with Crippen molar-refractivity contribution < 1.29 is 22.8 Å². The summed E-state index contributed by atoms with van der Waals surface area (Å²) in [5.74, 6) is -2.26. The van der Waals surface area contributed by atoms with Crippen LogP contribution in [-0.2, 0) is 10.2 Å². The molecule has 0 aliphatic carbocycles. The fourth-order valence-corrected chi connectivity index (χ4v) is 2.32. The van der Waals surface area contributed by atoms with Gasteiger partial charge in [-0.2, -0.15) is 13.2 Å². The van der Waals surface area contributed by atoms with Crippen molar-refractivity contribution in [2.45, 2.75) is 32.4 Å². The van der Waals surface area contributed by atoms with Gasteiger partial charge in [-0.15, -0.1) is 0 Å². The molecule has 2 aromatic rings. The first-order chi connectivity index (χ1) is 12.5. The van der Waals surface area contributed by atoms with E-state index in [1.165, 1.54) is 24.3 Å². The molecule has 142 valence electrons. The third-order valence-electron chi connectivity index (χ3n) is 3.88. The predicted octanol–water partition coefficient (Wildman–Crippen LogP) is 5.38. The molecule has 0 saturated heterocycles. The number of benzene rings is 2. The largest absolute Gasteiger partial charge is 0.454 e. The molecule has 0 atom stereocenters. The van der Waals surface area contributed by atoms with Crippen molar-refractivity contribution in [3.8, 4) is 0 Å². The van der Waals surface area contributed by atoms with Gasteiger partial charge >= 0.3 is 6.18 Å². The number of carbonyl (C=O) groups excluding carboxylic acids is 2.